The molecule has 35 heavy (non-hydrogen) atoms. The van der Waals surface area contributed by atoms with Gasteiger partial charge in [0.15, 0.2) is 11.3 Å². The quantitative estimate of drug-likeness (QED) is 0.388. The van der Waals surface area contributed by atoms with Crippen molar-refractivity contribution in [3.63, 3.8) is 0 Å². The molecule has 180 valence electrons. The molecule has 8 nitrogen and oxygen atoms in total. The number of sulfonamides is 1. The molecule has 0 saturated heterocycles. The van der Waals surface area contributed by atoms with E-state index in [2.05, 4.69) is 15.2 Å². The number of para-hydroxylation sites is 1. The zero-order chi connectivity index (χ0) is 25.2. The van der Waals surface area contributed by atoms with Crippen molar-refractivity contribution in [3.8, 4) is 5.75 Å². The average molecular weight is 492 g/mol. The third kappa shape index (κ3) is 5.20. The fraction of sp³-hybridized carbons (Fsp3) is 0.154. The maximum Gasteiger partial charge on any atom is 0.276 e. The molecule has 0 aliphatic rings. The molecule has 1 aromatic heterocycles. The van der Waals surface area contributed by atoms with Gasteiger partial charge in [0.2, 0.25) is 5.55 Å². The van der Waals surface area contributed by atoms with Crippen LogP contribution in [0.4, 0.5) is 5.69 Å². The van der Waals surface area contributed by atoms with E-state index in [0.29, 0.717) is 22.4 Å². The SMILES string of the molecule is COc1cccc2cc(C(=O)Nc3ccc(C)cc3)c(=NNS(=O)(=O)c3ccc(C)c(C)c3)oc12. The van der Waals surface area contributed by atoms with E-state index in [1.54, 1.807) is 48.5 Å². The van der Waals surface area contributed by atoms with Crippen molar-refractivity contribution in [1.82, 2.24) is 4.83 Å². The zero-order valence-electron chi connectivity index (χ0n) is 19.7. The molecule has 0 atom stereocenters. The molecule has 0 aliphatic carbocycles. The van der Waals surface area contributed by atoms with Crippen molar-refractivity contribution in [2.45, 2.75) is 25.7 Å². The van der Waals surface area contributed by atoms with Crippen molar-refractivity contribution in [3.05, 3.63) is 94.5 Å². The highest BCUT2D eigenvalue weighted by atomic mass is 32.2. The predicted molar refractivity (Wildman–Crippen MR) is 134 cm³/mol. The lowest BCUT2D eigenvalue weighted by Gasteiger charge is -2.10. The lowest BCUT2D eigenvalue weighted by molar-refractivity contribution is 0.102. The van der Waals surface area contributed by atoms with E-state index in [1.165, 1.54) is 13.2 Å². The highest BCUT2D eigenvalue weighted by molar-refractivity contribution is 7.89. The molecule has 4 rings (SSSR count). The topological polar surface area (TPSA) is 110 Å². The lowest BCUT2D eigenvalue weighted by Crippen LogP contribution is -2.27. The minimum absolute atomic E-state index is 0.0494. The molecule has 4 aromatic rings. The van der Waals surface area contributed by atoms with E-state index in [0.717, 1.165) is 16.7 Å². The van der Waals surface area contributed by atoms with Gasteiger partial charge < -0.3 is 14.5 Å². The fourth-order valence-corrected chi connectivity index (χ4v) is 4.29. The van der Waals surface area contributed by atoms with E-state index in [1.807, 2.05) is 32.9 Å². The van der Waals surface area contributed by atoms with Crippen LogP contribution in [0.1, 0.15) is 27.0 Å². The first-order valence-electron chi connectivity index (χ1n) is 10.8. The standard InChI is InChI=1S/C26H25N3O5S/c1-16-8-11-20(12-9-16)27-25(30)22-15-19-6-5-7-23(33-4)24(19)34-26(22)28-29-35(31,32)21-13-10-17(2)18(3)14-21/h5-15,29H,1-4H3,(H,27,30). The van der Waals surface area contributed by atoms with Crippen LogP contribution in [-0.4, -0.2) is 21.4 Å². The van der Waals surface area contributed by atoms with Crippen LogP contribution in [0.15, 0.2) is 81.1 Å². The third-order valence-electron chi connectivity index (χ3n) is 5.57. The molecule has 2 N–H and O–H groups in total. The maximum atomic E-state index is 13.2. The summed E-state index contributed by atoms with van der Waals surface area (Å²) in [5.41, 5.74) is 3.58. The highest BCUT2D eigenvalue weighted by Crippen LogP contribution is 2.25. The number of amides is 1. The lowest BCUT2D eigenvalue weighted by atomic mass is 10.1. The molecule has 0 radical (unpaired) electrons. The van der Waals surface area contributed by atoms with Gasteiger partial charge in [-0.15, -0.1) is 5.10 Å². The number of methoxy groups -OCH3 is 1. The molecule has 1 amide bonds. The Labute approximate surface area is 203 Å². The summed E-state index contributed by atoms with van der Waals surface area (Å²) in [5, 5.41) is 7.37. The molecular weight excluding hydrogens is 466 g/mol. The number of nitrogens with zero attached hydrogens (tertiary/aromatic N) is 1. The number of fused-ring (bicyclic) bond motifs is 1. The maximum absolute atomic E-state index is 13.2. The van der Waals surface area contributed by atoms with Gasteiger partial charge in [-0.25, -0.2) is 0 Å². The molecule has 0 saturated carbocycles. The number of carbonyl (C=O) groups excluding carboxylic acids is 1. The highest BCUT2D eigenvalue weighted by Gasteiger charge is 2.18. The molecule has 0 fully saturated rings. The van der Waals surface area contributed by atoms with Gasteiger partial charge in [0.05, 0.1) is 12.0 Å². The van der Waals surface area contributed by atoms with Gasteiger partial charge in [-0.3, -0.25) is 4.79 Å². The van der Waals surface area contributed by atoms with Gasteiger partial charge in [-0.1, -0.05) is 35.9 Å². The van der Waals surface area contributed by atoms with Crippen molar-refractivity contribution >= 4 is 32.6 Å². The second-order valence-corrected chi connectivity index (χ2v) is 9.78. The van der Waals surface area contributed by atoms with Crippen LogP contribution in [0.3, 0.4) is 0 Å². The Hall–Kier alpha value is -4.11. The second kappa shape index (κ2) is 9.63. The van der Waals surface area contributed by atoms with Crippen molar-refractivity contribution < 1.29 is 22.4 Å². The second-order valence-electron chi connectivity index (χ2n) is 8.12. The number of rotatable bonds is 6. The van der Waals surface area contributed by atoms with E-state index in [-0.39, 0.29) is 16.0 Å². The minimum Gasteiger partial charge on any atom is -0.493 e. The number of anilines is 1. The summed E-state index contributed by atoms with van der Waals surface area (Å²) in [6, 6.07) is 18.8. The Morgan fingerprint density at radius 1 is 0.943 bits per heavy atom. The number of benzene rings is 3. The molecule has 0 bridgehead atoms. The third-order valence-corrected chi connectivity index (χ3v) is 6.77. The van der Waals surface area contributed by atoms with Crippen LogP contribution in [-0.2, 0) is 10.0 Å². The average Bonchev–Trinajstić information content (AvgIpc) is 2.84. The van der Waals surface area contributed by atoms with Crippen molar-refractivity contribution in [1.29, 1.82) is 0 Å². The van der Waals surface area contributed by atoms with E-state index in [9.17, 15) is 13.2 Å². The van der Waals surface area contributed by atoms with Crippen LogP contribution in [0, 0.1) is 20.8 Å². The first-order valence-corrected chi connectivity index (χ1v) is 12.3. The van der Waals surface area contributed by atoms with E-state index >= 15 is 0 Å². The number of aryl methyl sites for hydroxylation is 3. The summed E-state index contributed by atoms with van der Waals surface area (Å²) in [5.74, 6) is -0.0899. The predicted octanol–water partition coefficient (Wildman–Crippen LogP) is 4.41. The van der Waals surface area contributed by atoms with Crippen molar-refractivity contribution in [2.24, 2.45) is 5.10 Å². The number of carbonyl (C=O) groups is 1. The Kier molecular flexibility index (Phi) is 6.61. The molecule has 1 heterocycles. The Bertz CT molecular complexity index is 1590. The van der Waals surface area contributed by atoms with Crippen molar-refractivity contribution in [2.75, 3.05) is 12.4 Å². The molecule has 9 heteroatoms. The van der Waals surface area contributed by atoms with Gasteiger partial charge in [0.1, 0.15) is 5.56 Å². The van der Waals surface area contributed by atoms with Crippen LogP contribution < -0.4 is 20.4 Å². The van der Waals surface area contributed by atoms with Crippen LogP contribution in [0.5, 0.6) is 5.75 Å². The monoisotopic (exact) mass is 491 g/mol. The molecular formula is C26H25N3O5S. The van der Waals surface area contributed by atoms with Gasteiger partial charge in [-0.05, 0) is 68.3 Å². The minimum atomic E-state index is -4.01. The van der Waals surface area contributed by atoms with Gasteiger partial charge >= 0.3 is 0 Å². The van der Waals surface area contributed by atoms with Gasteiger partial charge in [0, 0.05) is 11.1 Å². The first-order chi connectivity index (χ1) is 16.7. The van der Waals surface area contributed by atoms with E-state index < -0.39 is 15.9 Å². The summed E-state index contributed by atoms with van der Waals surface area (Å²) >= 11 is 0. The smallest absolute Gasteiger partial charge is 0.276 e. The summed E-state index contributed by atoms with van der Waals surface area (Å²) in [4.78, 5) is 15.4. The summed E-state index contributed by atoms with van der Waals surface area (Å²) < 4.78 is 37.0. The fourth-order valence-electron chi connectivity index (χ4n) is 3.40. The van der Waals surface area contributed by atoms with E-state index in [4.69, 9.17) is 9.15 Å². The van der Waals surface area contributed by atoms with Crippen LogP contribution >= 0.6 is 0 Å². The summed E-state index contributed by atoms with van der Waals surface area (Å²) in [7, 11) is -2.52. The van der Waals surface area contributed by atoms with Gasteiger partial charge in [-0.2, -0.15) is 13.2 Å². The largest absolute Gasteiger partial charge is 0.493 e. The Morgan fingerprint density at radius 3 is 2.37 bits per heavy atom. The summed E-state index contributed by atoms with van der Waals surface area (Å²) in [6.07, 6.45) is 0. The number of ether oxygens (including phenoxy) is 1. The summed E-state index contributed by atoms with van der Waals surface area (Å²) in [6.45, 7) is 5.66. The normalized spacial score (nSPS) is 11.9. The van der Waals surface area contributed by atoms with Crippen LogP contribution in [0.25, 0.3) is 11.0 Å². The number of hydrogen-bond donors (Lipinski definition) is 2. The number of nitrogens with one attached hydrogen (secondary N) is 2. The number of hydrogen-bond acceptors (Lipinski definition) is 6. The Balaban J connectivity index is 1.80. The molecule has 3 aromatic carbocycles. The first kappa shape index (κ1) is 24.0. The Morgan fingerprint density at radius 2 is 1.69 bits per heavy atom. The molecule has 0 aliphatic heterocycles. The van der Waals surface area contributed by atoms with Crippen LogP contribution in [0.2, 0.25) is 0 Å². The van der Waals surface area contributed by atoms with Gasteiger partial charge in [0.25, 0.3) is 15.9 Å². The molecule has 0 unspecified atom stereocenters. The molecule has 0 spiro atoms. The zero-order valence-corrected chi connectivity index (χ0v) is 20.6.